The summed E-state index contributed by atoms with van der Waals surface area (Å²) in [7, 11) is 0. The van der Waals surface area contributed by atoms with E-state index >= 15 is 0 Å². The minimum absolute atomic E-state index is 0. The highest BCUT2D eigenvalue weighted by Gasteiger charge is 2.51. The van der Waals surface area contributed by atoms with Gasteiger partial charge in [-0.25, -0.2) is 13.6 Å². The van der Waals surface area contributed by atoms with Crippen molar-refractivity contribution in [3.05, 3.63) is 23.8 Å². The summed E-state index contributed by atoms with van der Waals surface area (Å²) >= 11 is 0. The summed E-state index contributed by atoms with van der Waals surface area (Å²) in [6.45, 7) is -1.15. The SMILES string of the molecule is Cl.O=C1N[C@H](c2cccc3c2OC(F)(F)O3)C(F)(F)CO1. The molecule has 21 heavy (non-hydrogen) atoms. The van der Waals surface area contributed by atoms with Gasteiger partial charge in [-0.05, 0) is 6.07 Å². The van der Waals surface area contributed by atoms with Gasteiger partial charge in [0.25, 0.3) is 0 Å². The Morgan fingerprint density at radius 3 is 2.62 bits per heavy atom. The number of cyclic esters (lactones) is 1. The third kappa shape index (κ3) is 2.65. The average Bonchev–Trinajstić information content (AvgIpc) is 2.66. The van der Waals surface area contributed by atoms with Crippen molar-refractivity contribution in [3.63, 3.8) is 0 Å². The van der Waals surface area contributed by atoms with Gasteiger partial charge >= 0.3 is 18.3 Å². The highest BCUT2D eigenvalue weighted by molar-refractivity contribution is 5.85. The zero-order valence-electron chi connectivity index (χ0n) is 10.1. The van der Waals surface area contributed by atoms with E-state index in [9.17, 15) is 22.4 Å². The Labute approximate surface area is 121 Å². The highest BCUT2D eigenvalue weighted by atomic mass is 35.5. The first kappa shape index (κ1) is 15.5. The number of nitrogens with one attached hydrogen (secondary N) is 1. The number of fused-ring (bicyclic) bond motifs is 1. The van der Waals surface area contributed by atoms with E-state index in [0.717, 1.165) is 12.1 Å². The van der Waals surface area contributed by atoms with E-state index in [1.807, 2.05) is 5.32 Å². The lowest BCUT2D eigenvalue weighted by atomic mass is 9.99. The standard InChI is InChI=1S/C11H7F4NO4.ClH/c12-10(13)4-18-9(17)16-8(10)5-2-1-3-6-7(5)20-11(14,15)19-6;/h1-3,8H,4H2,(H,16,17);1H/t8-;/m1./s1. The van der Waals surface area contributed by atoms with Crippen LogP contribution in [0.25, 0.3) is 0 Å². The molecule has 1 N–H and O–H groups in total. The normalized spacial score (nSPS) is 24.6. The van der Waals surface area contributed by atoms with Crippen LogP contribution in [0.2, 0.25) is 0 Å². The monoisotopic (exact) mass is 329 g/mol. The van der Waals surface area contributed by atoms with Gasteiger partial charge in [0.2, 0.25) is 0 Å². The lowest BCUT2D eigenvalue weighted by molar-refractivity contribution is -0.287. The van der Waals surface area contributed by atoms with Crippen molar-refractivity contribution in [3.8, 4) is 11.5 Å². The maximum absolute atomic E-state index is 13.8. The van der Waals surface area contributed by atoms with Gasteiger partial charge in [-0.15, -0.1) is 21.2 Å². The molecule has 0 aliphatic carbocycles. The third-order valence-corrected chi connectivity index (χ3v) is 2.85. The lowest BCUT2D eigenvalue weighted by Gasteiger charge is -2.32. The second-order valence-electron chi connectivity index (χ2n) is 4.26. The van der Waals surface area contributed by atoms with Gasteiger partial charge in [0.05, 0.1) is 0 Å². The van der Waals surface area contributed by atoms with Gasteiger partial charge in [-0.2, -0.15) is 0 Å². The molecule has 5 nitrogen and oxygen atoms in total. The summed E-state index contributed by atoms with van der Waals surface area (Å²) < 4.78 is 66.1. The maximum atomic E-state index is 13.8. The number of alkyl carbamates (subject to hydrolysis) is 1. The summed E-state index contributed by atoms with van der Waals surface area (Å²) in [4.78, 5) is 11.1. The van der Waals surface area contributed by atoms with Crippen molar-refractivity contribution < 1.29 is 36.6 Å². The predicted molar refractivity (Wildman–Crippen MR) is 62.1 cm³/mol. The molecule has 0 saturated carbocycles. The summed E-state index contributed by atoms with van der Waals surface area (Å²) in [5.41, 5.74) is -0.304. The lowest BCUT2D eigenvalue weighted by Crippen LogP contribution is -2.49. The largest absolute Gasteiger partial charge is 0.586 e. The number of carbonyl (C=O) groups excluding carboxylic acids is 1. The van der Waals surface area contributed by atoms with Crippen molar-refractivity contribution in [2.45, 2.75) is 18.3 Å². The van der Waals surface area contributed by atoms with E-state index in [4.69, 9.17) is 0 Å². The summed E-state index contributed by atoms with van der Waals surface area (Å²) in [6.07, 6.45) is -4.99. The Kier molecular flexibility index (Phi) is 3.56. The summed E-state index contributed by atoms with van der Waals surface area (Å²) in [5.74, 6) is -4.36. The average molecular weight is 330 g/mol. The predicted octanol–water partition coefficient (Wildman–Crippen LogP) is 2.85. The second-order valence-corrected chi connectivity index (χ2v) is 4.26. The molecule has 1 saturated heterocycles. The molecule has 0 radical (unpaired) electrons. The zero-order chi connectivity index (χ0) is 14.5. The molecule has 2 heterocycles. The van der Waals surface area contributed by atoms with Crippen LogP contribution in [0.5, 0.6) is 11.5 Å². The van der Waals surface area contributed by atoms with Crippen molar-refractivity contribution >= 4 is 18.5 Å². The number of rotatable bonds is 1. The van der Waals surface area contributed by atoms with E-state index in [0.29, 0.717) is 0 Å². The molecule has 0 spiro atoms. The molecular formula is C11H8ClF4NO4. The molecule has 1 aromatic carbocycles. The summed E-state index contributed by atoms with van der Waals surface area (Å²) in [5, 5.41) is 1.89. The van der Waals surface area contributed by atoms with Crippen LogP contribution in [-0.4, -0.2) is 24.9 Å². The number of benzene rings is 1. The molecular weight excluding hydrogens is 322 g/mol. The van der Waals surface area contributed by atoms with E-state index in [1.165, 1.54) is 6.07 Å². The van der Waals surface area contributed by atoms with Crippen molar-refractivity contribution in [1.29, 1.82) is 0 Å². The molecule has 2 aliphatic heterocycles. The van der Waals surface area contributed by atoms with Crippen LogP contribution >= 0.6 is 12.4 Å². The van der Waals surface area contributed by atoms with E-state index in [1.54, 1.807) is 0 Å². The van der Waals surface area contributed by atoms with Crippen LogP contribution in [0.4, 0.5) is 22.4 Å². The number of alkyl halides is 4. The molecule has 1 amide bonds. The van der Waals surface area contributed by atoms with Crippen LogP contribution < -0.4 is 14.8 Å². The van der Waals surface area contributed by atoms with Crippen LogP contribution in [0.15, 0.2) is 18.2 Å². The fourth-order valence-corrected chi connectivity index (χ4v) is 2.03. The van der Waals surface area contributed by atoms with E-state index in [-0.39, 0.29) is 23.7 Å². The number of para-hydroxylation sites is 1. The van der Waals surface area contributed by atoms with Gasteiger partial charge in [-0.3, -0.25) is 0 Å². The quantitative estimate of drug-likeness (QED) is 0.805. The number of halogens is 5. The molecule has 2 aliphatic rings. The number of hydrogen-bond acceptors (Lipinski definition) is 4. The molecule has 10 heteroatoms. The van der Waals surface area contributed by atoms with Crippen molar-refractivity contribution in [2.75, 3.05) is 6.61 Å². The van der Waals surface area contributed by atoms with Crippen LogP contribution in [0, 0.1) is 0 Å². The molecule has 0 aromatic heterocycles. The molecule has 1 fully saturated rings. The maximum Gasteiger partial charge on any atom is 0.586 e. The van der Waals surface area contributed by atoms with Crippen molar-refractivity contribution in [1.82, 2.24) is 5.32 Å². The molecule has 1 aromatic rings. The van der Waals surface area contributed by atoms with E-state index < -0.39 is 36.7 Å². The zero-order valence-corrected chi connectivity index (χ0v) is 10.9. The molecule has 0 unspecified atom stereocenters. The first-order valence-electron chi connectivity index (χ1n) is 5.48. The molecule has 0 bridgehead atoms. The number of hydrogen-bond donors (Lipinski definition) is 1. The minimum atomic E-state index is -3.93. The first-order valence-corrected chi connectivity index (χ1v) is 5.48. The first-order chi connectivity index (χ1) is 9.28. The minimum Gasteiger partial charge on any atom is -0.443 e. The number of ether oxygens (including phenoxy) is 3. The molecule has 1 atom stereocenters. The Morgan fingerprint density at radius 2 is 1.90 bits per heavy atom. The van der Waals surface area contributed by atoms with Gasteiger partial charge in [0.15, 0.2) is 18.1 Å². The third-order valence-electron chi connectivity index (χ3n) is 2.85. The van der Waals surface area contributed by atoms with Crippen LogP contribution in [0.1, 0.15) is 11.6 Å². The Hall–Kier alpha value is -1.90. The van der Waals surface area contributed by atoms with Crippen molar-refractivity contribution in [2.24, 2.45) is 0 Å². The highest BCUT2D eigenvalue weighted by Crippen LogP contribution is 2.48. The number of carbonyl (C=O) groups is 1. The van der Waals surface area contributed by atoms with Gasteiger partial charge < -0.3 is 19.5 Å². The Morgan fingerprint density at radius 1 is 1.19 bits per heavy atom. The Balaban J connectivity index is 0.00000161. The fraction of sp³-hybridized carbons (Fsp3) is 0.364. The van der Waals surface area contributed by atoms with E-state index in [2.05, 4.69) is 14.2 Å². The smallest absolute Gasteiger partial charge is 0.443 e. The van der Waals surface area contributed by atoms with Gasteiger partial charge in [-0.1, -0.05) is 12.1 Å². The van der Waals surface area contributed by atoms with Gasteiger partial charge in [0, 0.05) is 5.56 Å². The number of amides is 1. The molecule has 116 valence electrons. The van der Waals surface area contributed by atoms with Crippen LogP contribution in [-0.2, 0) is 4.74 Å². The fourth-order valence-electron chi connectivity index (χ4n) is 2.03. The summed E-state index contributed by atoms with van der Waals surface area (Å²) in [6, 6.07) is 1.71. The topological polar surface area (TPSA) is 56.8 Å². The molecule has 3 rings (SSSR count). The second kappa shape index (κ2) is 4.83. The Bertz CT molecular complexity index is 583. The van der Waals surface area contributed by atoms with Gasteiger partial charge in [0.1, 0.15) is 6.04 Å². The van der Waals surface area contributed by atoms with Crippen LogP contribution in [0.3, 0.4) is 0 Å².